The first-order chi connectivity index (χ1) is 8.86. The minimum atomic E-state index is 0.518. The molecule has 100 valence electrons. The smallest absolute Gasteiger partial charge is 0.0588 e. The van der Waals surface area contributed by atoms with E-state index in [2.05, 4.69) is 42.6 Å². The fraction of sp³-hybridized carbons (Fsp3) is 0.625. The predicted octanol–water partition coefficient (Wildman–Crippen LogP) is 3.34. The number of nitrogens with one attached hydrogen (secondary N) is 1. The van der Waals surface area contributed by atoms with E-state index in [9.17, 15) is 0 Å². The molecule has 1 saturated heterocycles. The summed E-state index contributed by atoms with van der Waals surface area (Å²) in [5.41, 5.74) is 1.44. The fourth-order valence-corrected chi connectivity index (χ4v) is 2.53. The van der Waals surface area contributed by atoms with Crippen molar-refractivity contribution in [2.24, 2.45) is 0 Å². The maximum atomic E-state index is 5.61. The maximum absolute atomic E-state index is 5.61. The molecule has 0 spiro atoms. The van der Waals surface area contributed by atoms with Crippen molar-refractivity contribution in [3.63, 3.8) is 0 Å². The van der Waals surface area contributed by atoms with Gasteiger partial charge in [0.2, 0.25) is 0 Å². The molecule has 1 aromatic carbocycles. The van der Waals surface area contributed by atoms with Gasteiger partial charge in [0.25, 0.3) is 0 Å². The lowest BCUT2D eigenvalue weighted by molar-refractivity contribution is 0.104. The van der Waals surface area contributed by atoms with Gasteiger partial charge in [-0.1, -0.05) is 37.3 Å². The molecule has 1 aromatic rings. The molecule has 0 radical (unpaired) electrons. The molecule has 2 heteroatoms. The molecule has 1 fully saturated rings. The molecule has 0 aliphatic carbocycles. The Morgan fingerprint density at radius 3 is 2.83 bits per heavy atom. The van der Waals surface area contributed by atoms with E-state index >= 15 is 0 Å². The highest BCUT2D eigenvalue weighted by Gasteiger charge is 2.14. The van der Waals surface area contributed by atoms with E-state index in [0.29, 0.717) is 12.0 Å². The first-order valence-electron chi connectivity index (χ1n) is 7.23. The molecule has 2 unspecified atom stereocenters. The molecule has 18 heavy (non-hydrogen) atoms. The third-order valence-electron chi connectivity index (χ3n) is 3.79. The molecule has 0 saturated carbocycles. The van der Waals surface area contributed by atoms with Crippen LogP contribution in [0.15, 0.2) is 30.3 Å². The third-order valence-corrected chi connectivity index (χ3v) is 3.79. The van der Waals surface area contributed by atoms with E-state index in [1.165, 1.54) is 31.2 Å². The van der Waals surface area contributed by atoms with Crippen LogP contribution in [0.4, 0.5) is 0 Å². The van der Waals surface area contributed by atoms with Crippen molar-refractivity contribution < 1.29 is 4.74 Å². The Morgan fingerprint density at radius 2 is 2.11 bits per heavy atom. The summed E-state index contributed by atoms with van der Waals surface area (Å²) in [6, 6.07) is 10.8. The van der Waals surface area contributed by atoms with Gasteiger partial charge < -0.3 is 10.1 Å². The Balaban J connectivity index is 1.55. The van der Waals surface area contributed by atoms with Gasteiger partial charge in [-0.2, -0.15) is 0 Å². The Hall–Kier alpha value is -0.860. The van der Waals surface area contributed by atoms with Crippen LogP contribution in [0.2, 0.25) is 0 Å². The van der Waals surface area contributed by atoms with Crippen LogP contribution in [0.5, 0.6) is 0 Å². The van der Waals surface area contributed by atoms with Crippen LogP contribution in [-0.2, 0) is 4.74 Å². The van der Waals surface area contributed by atoms with Crippen molar-refractivity contribution >= 4 is 0 Å². The zero-order chi connectivity index (χ0) is 12.6. The van der Waals surface area contributed by atoms with Crippen molar-refractivity contribution in [3.05, 3.63) is 35.9 Å². The van der Waals surface area contributed by atoms with Crippen LogP contribution < -0.4 is 5.32 Å². The van der Waals surface area contributed by atoms with Gasteiger partial charge in [-0.25, -0.2) is 0 Å². The van der Waals surface area contributed by atoms with Gasteiger partial charge in [0.15, 0.2) is 0 Å². The molecule has 1 aliphatic heterocycles. The van der Waals surface area contributed by atoms with Crippen molar-refractivity contribution in [2.75, 3.05) is 19.7 Å². The molecule has 0 bridgehead atoms. The van der Waals surface area contributed by atoms with E-state index in [1.54, 1.807) is 0 Å². The van der Waals surface area contributed by atoms with E-state index in [1.807, 2.05) is 0 Å². The SMILES string of the molecule is CC(CCNCCC1CCCO1)c1ccccc1. The minimum absolute atomic E-state index is 0.518. The van der Waals surface area contributed by atoms with E-state index < -0.39 is 0 Å². The predicted molar refractivity (Wildman–Crippen MR) is 75.9 cm³/mol. The van der Waals surface area contributed by atoms with Crippen LogP contribution in [0.1, 0.15) is 44.1 Å². The largest absolute Gasteiger partial charge is 0.378 e. The molecule has 1 aliphatic rings. The first-order valence-corrected chi connectivity index (χ1v) is 7.23. The molecule has 1 N–H and O–H groups in total. The zero-order valence-corrected chi connectivity index (χ0v) is 11.4. The van der Waals surface area contributed by atoms with Crippen LogP contribution >= 0.6 is 0 Å². The Kier molecular flexibility index (Phi) is 5.69. The lowest BCUT2D eigenvalue weighted by atomic mass is 9.98. The van der Waals surface area contributed by atoms with Crippen LogP contribution in [0.3, 0.4) is 0 Å². The second kappa shape index (κ2) is 7.55. The molecule has 2 atom stereocenters. The highest BCUT2D eigenvalue weighted by atomic mass is 16.5. The summed E-state index contributed by atoms with van der Waals surface area (Å²) in [6.07, 6.45) is 5.39. The van der Waals surface area contributed by atoms with Crippen molar-refractivity contribution in [1.82, 2.24) is 5.32 Å². The van der Waals surface area contributed by atoms with Gasteiger partial charge in [0.1, 0.15) is 0 Å². The number of hydrogen-bond donors (Lipinski definition) is 1. The monoisotopic (exact) mass is 247 g/mol. The normalized spacial score (nSPS) is 21.1. The van der Waals surface area contributed by atoms with E-state index in [4.69, 9.17) is 4.74 Å². The second-order valence-corrected chi connectivity index (χ2v) is 5.27. The standard InChI is InChI=1S/C16H25NO/c1-14(15-6-3-2-4-7-15)9-11-17-12-10-16-8-5-13-18-16/h2-4,6-7,14,16-17H,5,8-13H2,1H3. The summed E-state index contributed by atoms with van der Waals surface area (Å²) in [5, 5.41) is 3.53. The van der Waals surface area contributed by atoms with E-state index in [0.717, 1.165) is 19.7 Å². The molecular formula is C16H25NO. The van der Waals surface area contributed by atoms with Crippen LogP contribution in [-0.4, -0.2) is 25.8 Å². The van der Waals surface area contributed by atoms with Crippen molar-refractivity contribution in [1.29, 1.82) is 0 Å². The number of ether oxygens (including phenoxy) is 1. The highest BCUT2D eigenvalue weighted by molar-refractivity contribution is 5.18. The van der Waals surface area contributed by atoms with E-state index in [-0.39, 0.29) is 0 Å². The topological polar surface area (TPSA) is 21.3 Å². The van der Waals surface area contributed by atoms with Gasteiger partial charge in [0, 0.05) is 6.61 Å². The first kappa shape index (κ1) is 13.6. The van der Waals surface area contributed by atoms with Gasteiger partial charge >= 0.3 is 0 Å². The van der Waals surface area contributed by atoms with Gasteiger partial charge in [-0.05, 0) is 50.3 Å². The molecule has 0 aromatic heterocycles. The van der Waals surface area contributed by atoms with Crippen LogP contribution in [0.25, 0.3) is 0 Å². The fourth-order valence-electron chi connectivity index (χ4n) is 2.53. The Labute approximate surface area is 111 Å². The quantitative estimate of drug-likeness (QED) is 0.746. The number of rotatable bonds is 7. The Morgan fingerprint density at radius 1 is 1.28 bits per heavy atom. The maximum Gasteiger partial charge on any atom is 0.0588 e. The lowest BCUT2D eigenvalue weighted by Gasteiger charge is -2.13. The average Bonchev–Trinajstić information content (AvgIpc) is 2.92. The molecule has 2 nitrogen and oxygen atoms in total. The van der Waals surface area contributed by atoms with Gasteiger partial charge in [-0.3, -0.25) is 0 Å². The van der Waals surface area contributed by atoms with Gasteiger partial charge in [0.05, 0.1) is 6.10 Å². The van der Waals surface area contributed by atoms with Gasteiger partial charge in [-0.15, -0.1) is 0 Å². The minimum Gasteiger partial charge on any atom is -0.378 e. The summed E-state index contributed by atoms with van der Waals surface area (Å²) in [5.74, 6) is 0.640. The number of hydrogen-bond acceptors (Lipinski definition) is 2. The lowest BCUT2D eigenvalue weighted by Crippen LogP contribution is -2.22. The molecule has 1 heterocycles. The zero-order valence-electron chi connectivity index (χ0n) is 11.4. The highest BCUT2D eigenvalue weighted by Crippen LogP contribution is 2.17. The summed E-state index contributed by atoms with van der Waals surface area (Å²) in [7, 11) is 0. The molecule has 2 rings (SSSR count). The summed E-state index contributed by atoms with van der Waals surface area (Å²) < 4.78 is 5.61. The summed E-state index contributed by atoms with van der Waals surface area (Å²) in [4.78, 5) is 0. The second-order valence-electron chi connectivity index (χ2n) is 5.27. The molecule has 0 amide bonds. The molecular weight excluding hydrogens is 222 g/mol. The average molecular weight is 247 g/mol. The number of benzene rings is 1. The third kappa shape index (κ3) is 4.43. The summed E-state index contributed by atoms with van der Waals surface area (Å²) in [6.45, 7) is 5.46. The summed E-state index contributed by atoms with van der Waals surface area (Å²) >= 11 is 0. The van der Waals surface area contributed by atoms with Crippen molar-refractivity contribution in [2.45, 2.75) is 44.6 Å². The van der Waals surface area contributed by atoms with Crippen molar-refractivity contribution in [3.8, 4) is 0 Å². The Bertz CT molecular complexity index is 319. The van der Waals surface area contributed by atoms with Crippen LogP contribution in [0, 0.1) is 0 Å².